The first-order valence-corrected chi connectivity index (χ1v) is 4.28. The molecule has 14 heavy (non-hydrogen) atoms. The van der Waals surface area contributed by atoms with E-state index in [1.807, 2.05) is 0 Å². The molecule has 1 fully saturated rings. The molecule has 1 aliphatic heterocycles. The topological polar surface area (TPSA) is 9.23 Å². The second kappa shape index (κ2) is 3.61. The molecule has 0 N–H and O–H groups in total. The fourth-order valence-electron chi connectivity index (χ4n) is 1.45. The van der Waals surface area contributed by atoms with Crippen LogP contribution in [0.25, 0.3) is 0 Å². The average Bonchev–Trinajstić information content (AvgIpc) is 2.66. The minimum absolute atomic E-state index is 0.318. The minimum Gasteiger partial charge on any atom is -0.373 e. The van der Waals surface area contributed by atoms with Gasteiger partial charge in [-0.25, -0.2) is 13.2 Å². The van der Waals surface area contributed by atoms with Crippen molar-refractivity contribution in [1.29, 1.82) is 0 Å². The highest BCUT2D eigenvalue weighted by Gasteiger charge is 2.21. The highest BCUT2D eigenvalue weighted by Crippen LogP contribution is 2.29. The van der Waals surface area contributed by atoms with Gasteiger partial charge in [-0.15, -0.1) is 0 Å². The summed E-state index contributed by atoms with van der Waals surface area (Å²) >= 11 is 0. The van der Waals surface area contributed by atoms with E-state index in [4.69, 9.17) is 4.74 Å². The van der Waals surface area contributed by atoms with Crippen LogP contribution in [0.15, 0.2) is 12.1 Å². The van der Waals surface area contributed by atoms with Gasteiger partial charge >= 0.3 is 0 Å². The summed E-state index contributed by atoms with van der Waals surface area (Å²) in [6.07, 6.45) is 2.12. The molecule has 1 atom stereocenters. The number of halogens is 3. The number of hydrogen-bond acceptors (Lipinski definition) is 1. The normalized spacial score (nSPS) is 21.5. The summed E-state index contributed by atoms with van der Waals surface area (Å²) in [5, 5.41) is 0. The van der Waals surface area contributed by atoms with Crippen molar-refractivity contribution in [1.82, 2.24) is 0 Å². The summed E-state index contributed by atoms with van der Waals surface area (Å²) in [5.74, 6) is -3.79. The van der Waals surface area contributed by atoms with Crippen LogP contribution >= 0.6 is 0 Å². The summed E-state index contributed by atoms with van der Waals surface area (Å²) in [5.41, 5.74) is 0.318. The van der Waals surface area contributed by atoms with E-state index in [9.17, 15) is 13.2 Å². The molecule has 1 aromatic rings. The van der Waals surface area contributed by atoms with Crippen LogP contribution in [0.2, 0.25) is 0 Å². The van der Waals surface area contributed by atoms with Crippen molar-refractivity contribution in [3.05, 3.63) is 41.6 Å². The second-order valence-corrected chi connectivity index (χ2v) is 3.11. The summed E-state index contributed by atoms with van der Waals surface area (Å²) in [7, 11) is 0. The Morgan fingerprint density at radius 2 is 1.79 bits per heavy atom. The lowest BCUT2D eigenvalue weighted by atomic mass is 10.1. The SMILES string of the molecule is Fc1cc(C2[CH]CCO2)cc(F)c1F. The Morgan fingerprint density at radius 1 is 1.14 bits per heavy atom. The Labute approximate surface area is 79.5 Å². The monoisotopic (exact) mass is 201 g/mol. The molecule has 1 radical (unpaired) electrons. The van der Waals surface area contributed by atoms with Gasteiger partial charge in [-0.05, 0) is 30.5 Å². The Bertz CT molecular complexity index is 322. The first kappa shape index (κ1) is 9.52. The summed E-state index contributed by atoms with van der Waals surface area (Å²) < 4.78 is 43.4. The zero-order chi connectivity index (χ0) is 10.1. The van der Waals surface area contributed by atoms with E-state index in [2.05, 4.69) is 0 Å². The van der Waals surface area contributed by atoms with Gasteiger partial charge in [0.05, 0.1) is 6.10 Å². The molecule has 0 bridgehead atoms. The minimum atomic E-state index is -1.44. The third-order valence-electron chi connectivity index (χ3n) is 2.13. The molecule has 0 saturated carbocycles. The number of rotatable bonds is 1. The van der Waals surface area contributed by atoms with Gasteiger partial charge < -0.3 is 4.74 Å². The lowest BCUT2D eigenvalue weighted by Crippen LogP contribution is -2.00. The molecule has 1 nitrogen and oxygen atoms in total. The molecule has 0 aliphatic carbocycles. The Hall–Kier alpha value is -1.03. The predicted octanol–water partition coefficient (Wildman–Crippen LogP) is 2.77. The zero-order valence-electron chi connectivity index (χ0n) is 7.27. The highest BCUT2D eigenvalue weighted by atomic mass is 19.2. The first-order valence-electron chi connectivity index (χ1n) is 4.28. The van der Waals surface area contributed by atoms with Crippen molar-refractivity contribution in [2.24, 2.45) is 0 Å². The van der Waals surface area contributed by atoms with Crippen LogP contribution in [0.3, 0.4) is 0 Å². The predicted molar refractivity (Wildman–Crippen MR) is 43.9 cm³/mol. The van der Waals surface area contributed by atoms with Gasteiger partial charge in [-0.2, -0.15) is 0 Å². The largest absolute Gasteiger partial charge is 0.373 e. The fraction of sp³-hybridized carbons (Fsp3) is 0.300. The lowest BCUT2D eigenvalue weighted by Gasteiger charge is -2.09. The van der Waals surface area contributed by atoms with Crippen molar-refractivity contribution in [3.63, 3.8) is 0 Å². The maximum absolute atomic E-state index is 12.8. The second-order valence-electron chi connectivity index (χ2n) is 3.11. The summed E-state index contributed by atoms with van der Waals surface area (Å²) in [6, 6.07) is 1.93. The fourth-order valence-corrected chi connectivity index (χ4v) is 1.45. The molecule has 1 aromatic carbocycles. The van der Waals surface area contributed by atoms with E-state index in [1.165, 1.54) is 0 Å². The maximum atomic E-state index is 12.8. The van der Waals surface area contributed by atoms with Crippen LogP contribution in [0.5, 0.6) is 0 Å². The van der Waals surface area contributed by atoms with Crippen molar-refractivity contribution in [3.8, 4) is 0 Å². The molecule has 1 saturated heterocycles. The van der Waals surface area contributed by atoms with Gasteiger partial charge in [0.15, 0.2) is 17.5 Å². The summed E-state index contributed by atoms with van der Waals surface area (Å²) in [6.45, 7) is 0.533. The zero-order valence-corrected chi connectivity index (χ0v) is 7.27. The van der Waals surface area contributed by atoms with Crippen LogP contribution in [0.1, 0.15) is 18.1 Å². The third-order valence-corrected chi connectivity index (χ3v) is 2.13. The van der Waals surface area contributed by atoms with Crippen molar-refractivity contribution >= 4 is 0 Å². The van der Waals surface area contributed by atoms with Gasteiger partial charge in [0.2, 0.25) is 0 Å². The Balaban J connectivity index is 2.34. The molecule has 0 amide bonds. The molecule has 0 aromatic heterocycles. The van der Waals surface area contributed by atoms with E-state index in [0.29, 0.717) is 12.2 Å². The van der Waals surface area contributed by atoms with E-state index >= 15 is 0 Å². The number of benzene rings is 1. The van der Waals surface area contributed by atoms with Crippen LogP contribution in [-0.4, -0.2) is 6.61 Å². The molecule has 1 heterocycles. The first-order chi connectivity index (χ1) is 6.68. The van der Waals surface area contributed by atoms with Crippen LogP contribution in [-0.2, 0) is 4.74 Å². The smallest absolute Gasteiger partial charge is 0.194 e. The van der Waals surface area contributed by atoms with E-state index in [-0.39, 0.29) is 0 Å². The van der Waals surface area contributed by atoms with Crippen molar-refractivity contribution in [2.75, 3.05) is 6.61 Å². The molecule has 0 spiro atoms. The van der Waals surface area contributed by atoms with Crippen LogP contribution in [0, 0.1) is 23.9 Å². The number of hydrogen-bond donors (Lipinski definition) is 0. The molecule has 2 rings (SSSR count). The third kappa shape index (κ3) is 1.62. The van der Waals surface area contributed by atoms with E-state index in [0.717, 1.165) is 18.6 Å². The molecule has 1 aliphatic rings. The molecule has 75 valence electrons. The number of ether oxygens (including phenoxy) is 1. The van der Waals surface area contributed by atoms with Gasteiger partial charge in [0.25, 0.3) is 0 Å². The molecular formula is C10H8F3O. The van der Waals surface area contributed by atoms with E-state index < -0.39 is 23.6 Å². The molecular weight excluding hydrogens is 193 g/mol. The molecule has 4 heteroatoms. The molecule has 1 unspecified atom stereocenters. The lowest BCUT2D eigenvalue weighted by molar-refractivity contribution is 0.123. The van der Waals surface area contributed by atoms with E-state index in [1.54, 1.807) is 6.42 Å². The van der Waals surface area contributed by atoms with Gasteiger partial charge in [-0.3, -0.25) is 0 Å². The van der Waals surface area contributed by atoms with Gasteiger partial charge in [0, 0.05) is 6.61 Å². The summed E-state index contributed by atoms with van der Waals surface area (Å²) in [4.78, 5) is 0. The average molecular weight is 201 g/mol. The Morgan fingerprint density at radius 3 is 2.29 bits per heavy atom. The maximum Gasteiger partial charge on any atom is 0.194 e. The van der Waals surface area contributed by atoms with Gasteiger partial charge in [0.1, 0.15) is 0 Å². The highest BCUT2D eigenvalue weighted by molar-refractivity contribution is 5.24. The quantitative estimate of drug-likeness (QED) is 0.635. The standard InChI is InChI=1S/C10H8F3O/c11-7-4-6(5-8(12)10(7)13)9-2-1-3-14-9/h2,4-5,9H,1,3H2. The Kier molecular flexibility index (Phi) is 2.46. The van der Waals surface area contributed by atoms with Gasteiger partial charge in [-0.1, -0.05) is 0 Å². The van der Waals surface area contributed by atoms with Crippen molar-refractivity contribution < 1.29 is 17.9 Å². The van der Waals surface area contributed by atoms with Crippen LogP contribution in [0.4, 0.5) is 13.2 Å². The van der Waals surface area contributed by atoms with Crippen LogP contribution < -0.4 is 0 Å². The van der Waals surface area contributed by atoms with Crippen molar-refractivity contribution in [2.45, 2.75) is 12.5 Å².